The first-order valence-electron chi connectivity index (χ1n) is 9.63. The Kier molecular flexibility index (Phi) is 5.43. The highest BCUT2D eigenvalue weighted by Gasteiger charge is 2.29. The van der Waals surface area contributed by atoms with Gasteiger partial charge in [-0.2, -0.15) is 0 Å². The third-order valence-corrected chi connectivity index (χ3v) is 6.88. The number of nitrogens with one attached hydrogen (secondary N) is 1. The van der Waals surface area contributed by atoms with E-state index in [0.29, 0.717) is 18.7 Å². The molecule has 0 bridgehead atoms. The second-order valence-electron chi connectivity index (χ2n) is 7.10. The number of rotatable bonds is 5. The quantitative estimate of drug-likeness (QED) is 0.479. The summed E-state index contributed by atoms with van der Waals surface area (Å²) >= 11 is 0. The number of benzene rings is 3. The van der Waals surface area contributed by atoms with Crippen molar-refractivity contribution in [1.82, 2.24) is 0 Å². The van der Waals surface area contributed by atoms with Crippen LogP contribution in [-0.4, -0.2) is 25.8 Å². The molecule has 8 nitrogen and oxygen atoms in total. The molecule has 0 aromatic heterocycles. The van der Waals surface area contributed by atoms with Crippen molar-refractivity contribution in [3.63, 3.8) is 0 Å². The van der Waals surface area contributed by atoms with E-state index in [-0.39, 0.29) is 21.8 Å². The van der Waals surface area contributed by atoms with E-state index in [1.54, 1.807) is 12.1 Å². The number of anilines is 2. The van der Waals surface area contributed by atoms with Crippen LogP contribution in [0, 0.1) is 10.1 Å². The number of amides is 1. The molecule has 4 rings (SSSR count). The van der Waals surface area contributed by atoms with E-state index in [0.717, 1.165) is 12.0 Å². The molecule has 3 aromatic rings. The molecule has 0 radical (unpaired) electrons. The van der Waals surface area contributed by atoms with Crippen molar-refractivity contribution >= 4 is 33.0 Å². The Balaban J connectivity index is 1.62. The van der Waals surface area contributed by atoms with Gasteiger partial charge in [0.05, 0.1) is 15.5 Å². The average molecular weight is 437 g/mol. The summed E-state index contributed by atoms with van der Waals surface area (Å²) in [6.45, 7) is 0.365. The first-order valence-corrected chi connectivity index (χ1v) is 11.1. The Hall–Kier alpha value is -3.72. The zero-order valence-corrected chi connectivity index (χ0v) is 17.2. The molecule has 1 N–H and O–H groups in total. The molecule has 0 aliphatic carbocycles. The highest BCUT2D eigenvalue weighted by atomic mass is 32.2. The maximum Gasteiger partial charge on any atom is 0.271 e. The summed E-state index contributed by atoms with van der Waals surface area (Å²) in [5, 5.41) is 13.5. The number of sulfonamides is 1. The lowest BCUT2D eigenvalue weighted by Gasteiger charge is -2.30. The number of carbonyl (C=O) groups is 1. The van der Waals surface area contributed by atoms with Crippen molar-refractivity contribution < 1.29 is 18.1 Å². The number of nitro groups is 1. The van der Waals surface area contributed by atoms with Crippen LogP contribution in [0.5, 0.6) is 0 Å². The summed E-state index contributed by atoms with van der Waals surface area (Å²) in [5.41, 5.74) is 1.85. The Labute approximate surface area is 179 Å². The predicted molar refractivity (Wildman–Crippen MR) is 117 cm³/mol. The van der Waals surface area contributed by atoms with Crippen LogP contribution in [0.2, 0.25) is 0 Å². The summed E-state index contributed by atoms with van der Waals surface area (Å²) in [6.07, 6.45) is 1.52. The van der Waals surface area contributed by atoms with E-state index >= 15 is 0 Å². The molecular formula is C22H19N3O5S. The van der Waals surface area contributed by atoms with Crippen LogP contribution >= 0.6 is 0 Å². The number of para-hydroxylation sites is 1. The molecule has 3 aromatic carbocycles. The number of fused-ring (bicyclic) bond motifs is 1. The molecular weight excluding hydrogens is 418 g/mol. The minimum atomic E-state index is -3.86. The minimum absolute atomic E-state index is 0.0101. The van der Waals surface area contributed by atoms with Crippen LogP contribution < -0.4 is 9.62 Å². The summed E-state index contributed by atoms with van der Waals surface area (Å²) in [4.78, 5) is 23.0. The van der Waals surface area contributed by atoms with Gasteiger partial charge in [0.1, 0.15) is 0 Å². The van der Waals surface area contributed by atoms with Gasteiger partial charge < -0.3 is 5.32 Å². The summed E-state index contributed by atoms with van der Waals surface area (Å²) in [5.74, 6) is -0.559. The average Bonchev–Trinajstić information content (AvgIpc) is 2.79. The van der Waals surface area contributed by atoms with E-state index in [1.165, 1.54) is 52.8 Å². The van der Waals surface area contributed by atoms with Gasteiger partial charge in [-0.1, -0.05) is 30.3 Å². The zero-order chi connectivity index (χ0) is 22.0. The van der Waals surface area contributed by atoms with Crippen LogP contribution in [0.3, 0.4) is 0 Å². The highest BCUT2D eigenvalue weighted by Crippen LogP contribution is 2.32. The Morgan fingerprint density at radius 2 is 1.77 bits per heavy atom. The monoisotopic (exact) mass is 437 g/mol. The Morgan fingerprint density at radius 3 is 2.58 bits per heavy atom. The predicted octanol–water partition coefficient (Wildman–Crippen LogP) is 3.99. The number of aryl methyl sites for hydroxylation is 1. The van der Waals surface area contributed by atoms with Gasteiger partial charge in [-0.25, -0.2) is 8.42 Å². The largest absolute Gasteiger partial charge is 0.322 e. The molecule has 0 fully saturated rings. The van der Waals surface area contributed by atoms with E-state index in [4.69, 9.17) is 0 Å². The molecule has 0 spiro atoms. The van der Waals surface area contributed by atoms with Crippen LogP contribution in [0.15, 0.2) is 77.7 Å². The molecule has 1 aliphatic heterocycles. The number of non-ortho nitro benzene ring substituents is 1. The topological polar surface area (TPSA) is 110 Å². The molecule has 158 valence electrons. The molecule has 31 heavy (non-hydrogen) atoms. The summed E-state index contributed by atoms with van der Waals surface area (Å²) in [6, 6.07) is 18.7. The van der Waals surface area contributed by atoms with Crippen molar-refractivity contribution in [3.8, 4) is 0 Å². The minimum Gasteiger partial charge on any atom is -0.322 e. The number of hydrogen-bond donors (Lipinski definition) is 1. The van der Waals surface area contributed by atoms with E-state index in [2.05, 4.69) is 5.32 Å². The second kappa shape index (κ2) is 8.19. The van der Waals surface area contributed by atoms with Gasteiger partial charge in [0, 0.05) is 29.9 Å². The molecule has 0 atom stereocenters. The lowest BCUT2D eigenvalue weighted by molar-refractivity contribution is -0.384. The van der Waals surface area contributed by atoms with Gasteiger partial charge in [-0.05, 0) is 48.7 Å². The third-order valence-electron chi connectivity index (χ3n) is 5.07. The smallest absolute Gasteiger partial charge is 0.271 e. The van der Waals surface area contributed by atoms with Gasteiger partial charge in [-0.3, -0.25) is 19.2 Å². The fourth-order valence-electron chi connectivity index (χ4n) is 3.57. The molecule has 1 heterocycles. The fraction of sp³-hybridized carbons (Fsp3) is 0.136. The van der Waals surface area contributed by atoms with Crippen LogP contribution in [0.25, 0.3) is 0 Å². The normalized spacial score (nSPS) is 13.4. The van der Waals surface area contributed by atoms with Crippen molar-refractivity contribution in [3.05, 3.63) is 94.0 Å². The number of hydrogen-bond acceptors (Lipinski definition) is 5. The van der Waals surface area contributed by atoms with Gasteiger partial charge >= 0.3 is 0 Å². The maximum absolute atomic E-state index is 13.3. The molecule has 0 saturated carbocycles. The summed E-state index contributed by atoms with van der Waals surface area (Å²) in [7, 11) is -3.86. The lowest BCUT2D eigenvalue weighted by atomic mass is 10.0. The first-order chi connectivity index (χ1) is 14.9. The van der Waals surface area contributed by atoms with Crippen molar-refractivity contribution in [1.29, 1.82) is 0 Å². The van der Waals surface area contributed by atoms with Crippen LogP contribution in [-0.2, 0) is 16.4 Å². The van der Waals surface area contributed by atoms with Crippen molar-refractivity contribution in [2.45, 2.75) is 17.7 Å². The van der Waals surface area contributed by atoms with Crippen molar-refractivity contribution in [2.24, 2.45) is 0 Å². The number of nitrogens with zero attached hydrogens (tertiary/aromatic N) is 2. The standard InChI is InChI=1S/C22H19N3O5S/c26-22(23-18-9-4-10-19(15-18)25(27)28)17-7-3-11-20(14-17)31(29,30)24-13-5-8-16-6-1-2-12-21(16)24/h1-4,6-7,9-12,14-15H,5,8,13H2,(H,23,26). The zero-order valence-electron chi connectivity index (χ0n) is 16.4. The Morgan fingerprint density at radius 1 is 1.00 bits per heavy atom. The van der Waals surface area contributed by atoms with Crippen molar-refractivity contribution in [2.75, 3.05) is 16.2 Å². The molecule has 1 aliphatic rings. The van der Waals surface area contributed by atoms with E-state index < -0.39 is 20.9 Å². The summed E-state index contributed by atoms with van der Waals surface area (Å²) < 4.78 is 28.0. The van der Waals surface area contributed by atoms with E-state index in [1.807, 2.05) is 12.1 Å². The van der Waals surface area contributed by atoms with Gasteiger partial charge in [-0.15, -0.1) is 0 Å². The maximum atomic E-state index is 13.3. The lowest BCUT2D eigenvalue weighted by Crippen LogP contribution is -2.35. The SMILES string of the molecule is O=C(Nc1cccc([N+](=O)[O-])c1)c1cccc(S(=O)(=O)N2CCCc3ccccc32)c1. The van der Waals surface area contributed by atoms with Crippen LogP contribution in [0.4, 0.5) is 17.1 Å². The Bertz CT molecular complexity index is 1270. The van der Waals surface area contributed by atoms with E-state index in [9.17, 15) is 23.3 Å². The molecule has 0 unspecified atom stereocenters. The molecule has 0 saturated heterocycles. The second-order valence-corrected chi connectivity index (χ2v) is 8.96. The molecule has 9 heteroatoms. The third kappa shape index (κ3) is 4.13. The number of nitro benzene ring substituents is 1. The van der Waals surface area contributed by atoms with Gasteiger partial charge in [0.2, 0.25) is 0 Å². The van der Waals surface area contributed by atoms with Crippen LogP contribution in [0.1, 0.15) is 22.3 Å². The molecule has 1 amide bonds. The first kappa shape index (κ1) is 20.5. The van der Waals surface area contributed by atoms with Gasteiger partial charge in [0.15, 0.2) is 0 Å². The highest BCUT2D eigenvalue weighted by molar-refractivity contribution is 7.92. The van der Waals surface area contributed by atoms with Gasteiger partial charge in [0.25, 0.3) is 21.6 Å². The fourth-order valence-corrected chi connectivity index (χ4v) is 5.16. The number of carbonyl (C=O) groups excluding carboxylic acids is 1.